The summed E-state index contributed by atoms with van der Waals surface area (Å²) in [6, 6.07) is 17.5. The summed E-state index contributed by atoms with van der Waals surface area (Å²) < 4.78 is 16.6. The average Bonchev–Trinajstić information content (AvgIpc) is 2.74. The summed E-state index contributed by atoms with van der Waals surface area (Å²) in [6.07, 6.45) is 0. The maximum atomic E-state index is 12.7. The largest absolute Gasteiger partial charge is 0.495 e. The first-order chi connectivity index (χ1) is 14.5. The van der Waals surface area contributed by atoms with E-state index in [4.69, 9.17) is 37.4 Å². The smallest absolute Gasteiger partial charge is 0.255 e. The Bertz CT molecular complexity index is 1040. The van der Waals surface area contributed by atoms with Crippen molar-refractivity contribution in [2.75, 3.05) is 19.0 Å². The number of methoxy groups -OCH3 is 1. The van der Waals surface area contributed by atoms with E-state index >= 15 is 0 Å². The molecular weight excluding hydrogens is 425 g/mol. The van der Waals surface area contributed by atoms with E-state index in [2.05, 4.69) is 5.32 Å². The Labute approximate surface area is 185 Å². The number of carbonyl (C=O) groups is 1. The predicted molar refractivity (Wildman–Crippen MR) is 119 cm³/mol. The van der Waals surface area contributed by atoms with E-state index in [0.29, 0.717) is 45.2 Å². The van der Waals surface area contributed by atoms with Crippen LogP contribution in [0.4, 0.5) is 5.69 Å². The van der Waals surface area contributed by atoms with E-state index in [1.54, 1.807) is 48.5 Å². The van der Waals surface area contributed by atoms with Gasteiger partial charge in [-0.1, -0.05) is 35.3 Å². The Kier molecular flexibility index (Phi) is 7.44. The lowest BCUT2D eigenvalue weighted by Gasteiger charge is -2.14. The molecule has 3 aromatic rings. The Hall–Kier alpha value is -2.89. The van der Waals surface area contributed by atoms with Crippen molar-refractivity contribution in [2.24, 2.45) is 0 Å². The molecule has 0 saturated carbocycles. The van der Waals surface area contributed by atoms with Crippen molar-refractivity contribution in [1.82, 2.24) is 0 Å². The molecule has 0 unspecified atom stereocenters. The number of amides is 1. The first kappa shape index (κ1) is 21.8. The second-order valence-corrected chi connectivity index (χ2v) is 7.09. The van der Waals surface area contributed by atoms with Gasteiger partial charge in [-0.25, -0.2) is 0 Å². The monoisotopic (exact) mass is 445 g/mol. The van der Waals surface area contributed by atoms with Crippen LogP contribution in [0, 0.1) is 0 Å². The van der Waals surface area contributed by atoms with Crippen molar-refractivity contribution in [3.05, 3.63) is 81.8 Å². The molecule has 7 heteroatoms. The van der Waals surface area contributed by atoms with Crippen LogP contribution in [0.2, 0.25) is 10.0 Å². The van der Waals surface area contributed by atoms with Gasteiger partial charge in [0.15, 0.2) is 0 Å². The molecule has 0 atom stereocenters. The predicted octanol–water partition coefficient (Wildman–Crippen LogP) is 6.23. The molecule has 0 saturated heterocycles. The van der Waals surface area contributed by atoms with E-state index in [9.17, 15) is 4.79 Å². The van der Waals surface area contributed by atoms with Crippen molar-refractivity contribution in [3.63, 3.8) is 0 Å². The van der Waals surface area contributed by atoms with Crippen LogP contribution in [0.5, 0.6) is 17.2 Å². The molecule has 0 aliphatic heterocycles. The molecule has 0 aromatic heterocycles. The zero-order valence-electron chi connectivity index (χ0n) is 16.6. The van der Waals surface area contributed by atoms with Crippen LogP contribution in [0.25, 0.3) is 0 Å². The summed E-state index contributed by atoms with van der Waals surface area (Å²) in [5, 5.41) is 3.76. The minimum atomic E-state index is -0.279. The number of halogens is 2. The summed E-state index contributed by atoms with van der Waals surface area (Å²) in [5.41, 5.74) is 1.76. The van der Waals surface area contributed by atoms with Gasteiger partial charge in [0.05, 0.1) is 23.8 Å². The van der Waals surface area contributed by atoms with Gasteiger partial charge < -0.3 is 19.5 Å². The number of rotatable bonds is 8. The summed E-state index contributed by atoms with van der Waals surface area (Å²) in [4.78, 5) is 12.7. The minimum absolute atomic E-state index is 0.203. The highest BCUT2D eigenvalue weighted by Gasteiger charge is 2.13. The van der Waals surface area contributed by atoms with Crippen LogP contribution in [0.15, 0.2) is 60.7 Å². The number of ether oxygens (including phenoxy) is 3. The topological polar surface area (TPSA) is 56.8 Å². The van der Waals surface area contributed by atoms with E-state index in [-0.39, 0.29) is 12.5 Å². The third-order valence-corrected chi connectivity index (χ3v) is 4.86. The van der Waals surface area contributed by atoms with E-state index in [1.165, 1.54) is 7.11 Å². The maximum absolute atomic E-state index is 12.7. The molecule has 30 heavy (non-hydrogen) atoms. The van der Waals surface area contributed by atoms with Gasteiger partial charge in [-0.2, -0.15) is 0 Å². The van der Waals surface area contributed by atoms with Crippen molar-refractivity contribution in [2.45, 2.75) is 13.5 Å². The molecule has 1 N–H and O–H groups in total. The van der Waals surface area contributed by atoms with Crippen LogP contribution in [0.3, 0.4) is 0 Å². The maximum Gasteiger partial charge on any atom is 0.255 e. The molecule has 156 valence electrons. The van der Waals surface area contributed by atoms with E-state index < -0.39 is 0 Å². The molecule has 3 aromatic carbocycles. The first-order valence-electron chi connectivity index (χ1n) is 9.29. The number of hydrogen-bond acceptors (Lipinski definition) is 4. The van der Waals surface area contributed by atoms with Crippen molar-refractivity contribution >= 4 is 34.8 Å². The molecule has 0 aliphatic rings. The lowest BCUT2D eigenvalue weighted by Crippen LogP contribution is -2.13. The second kappa shape index (κ2) is 10.2. The quantitative estimate of drug-likeness (QED) is 0.446. The molecule has 0 bridgehead atoms. The van der Waals surface area contributed by atoms with Gasteiger partial charge in [0, 0.05) is 16.8 Å². The number of nitrogens with one attached hydrogen (secondary N) is 1. The highest BCUT2D eigenvalue weighted by Crippen LogP contribution is 2.29. The summed E-state index contributed by atoms with van der Waals surface area (Å²) in [7, 11) is 1.53. The molecule has 5 nitrogen and oxygen atoms in total. The highest BCUT2D eigenvalue weighted by molar-refractivity contribution is 6.32. The van der Waals surface area contributed by atoms with Gasteiger partial charge in [0.1, 0.15) is 23.9 Å². The number of carbonyl (C=O) groups excluding carboxylic acids is 1. The standard InChI is InChI=1S/C23H21Cl2NO4/c1-3-29-20-10-8-15(12-16(20)14-30-22-7-5-4-6-18(22)24)23(27)26-17-9-11-21(28-2)19(25)13-17/h4-13H,3,14H2,1-2H3,(H,26,27). The zero-order chi connectivity index (χ0) is 21.5. The van der Waals surface area contributed by atoms with Crippen LogP contribution in [-0.4, -0.2) is 19.6 Å². The van der Waals surface area contributed by atoms with Gasteiger partial charge in [0.2, 0.25) is 0 Å². The summed E-state index contributed by atoms with van der Waals surface area (Å²) >= 11 is 12.3. The van der Waals surface area contributed by atoms with Gasteiger partial charge in [-0.3, -0.25) is 4.79 Å². The van der Waals surface area contributed by atoms with Gasteiger partial charge in [-0.15, -0.1) is 0 Å². The third-order valence-electron chi connectivity index (χ3n) is 4.25. The summed E-state index contributed by atoms with van der Waals surface area (Å²) in [5.74, 6) is 1.46. The van der Waals surface area contributed by atoms with Crippen LogP contribution in [0.1, 0.15) is 22.8 Å². The fourth-order valence-corrected chi connectivity index (χ4v) is 3.24. The van der Waals surface area contributed by atoms with Crippen LogP contribution < -0.4 is 19.5 Å². The van der Waals surface area contributed by atoms with E-state index in [0.717, 1.165) is 5.56 Å². The molecule has 0 fully saturated rings. The lowest BCUT2D eigenvalue weighted by atomic mass is 10.1. The fourth-order valence-electron chi connectivity index (χ4n) is 2.79. The summed E-state index contributed by atoms with van der Waals surface area (Å²) in [6.45, 7) is 2.59. The molecule has 0 heterocycles. The van der Waals surface area contributed by atoms with Gasteiger partial charge >= 0.3 is 0 Å². The number of anilines is 1. The molecule has 0 radical (unpaired) electrons. The number of benzene rings is 3. The Morgan fingerprint density at radius 3 is 2.37 bits per heavy atom. The number of para-hydroxylation sites is 1. The first-order valence-corrected chi connectivity index (χ1v) is 10.1. The Morgan fingerprint density at radius 2 is 1.67 bits per heavy atom. The molecule has 1 amide bonds. The van der Waals surface area contributed by atoms with Gasteiger partial charge in [-0.05, 0) is 55.5 Å². The minimum Gasteiger partial charge on any atom is -0.495 e. The van der Waals surface area contributed by atoms with E-state index in [1.807, 2.05) is 19.1 Å². The number of hydrogen-bond donors (Lipinski definition) is 1. The Balaban J connectivity index is 1.79. The van der Waals surface area contributed by atoms with Crippen molar-refractivity contribution < 1.29 is 19.0 Å². The van der Waals surface area contributed by atoms with Gasteiger partial charge in [0.25, 0.3) is 5.91 Å². The normalized spacial score (nSPS) is 10.4. The highest BCUT2D eigenvalue weighted by atomic mass is 35.5. The molecule has 0 aliphatic carbocycles. The molecule has 0 spiro atoms. The lowest BCUT2D eigenvalue weighted by molar-refractivity contribution is 0.102. The zero-order valence-corrected chi connectivity index (χ0v) is 18.1. The van der Waals surface area contributed by atoms with Crippen LogP contribution >= 0.6 is 23.2 Å². The average molecular weight is 446 g/mol. The van der Waals surface area contributed by atoms with Crippen molar-refractivity contribution in [3.8, 4) is 17.2 Å². The molecular formula is C23H21Cl2NO4. The fraction of sp³-hybridized carbons (Fsp3) is 0.174. The van der Waals surface area contributed by atoms with Crippen molar-refractivity contribution in [1.29, 1.82) is 0 Å². The Morgan fingerprint density at radius 1 is 0.900 bits per heavy atom. The SMILES string of the molecule is CCOc1ccc(C(=O)Nc2ccc(OC)c(Cl)c2)cc1COc1ccccc1Cl. The second-order valence-electron chi connectivity index (χ2n) is 6.28. The van der Waals surface area contributed by atoms with Crippen LogP contribution in [-0.2, 0) is 6.61 Å². The third kappa shape index (κ3) is 5.38. The molecule has 3 rings (SSSR count).